The molecular weight excluding hydrogens is 357 g/mol. The molecule has 0 atom stereocenters. The number of halogens is 3. The number of hydrogen-bond acceptors (Lipinski definition) is 2. The maximum atomic E-state index is 13.4. The Kier molecular flexibility index (Phi) is 3.66. The van der Waals surface area contributed by atoms with E-state index in [-0.39, 0.29) is 11.7 Å². The fraction of sp³-hybridized carbons (Fsp3) is 0.0667. The fourth-order valence-corrected chi connectivity index (χ4v) is 2.77. The van der Waals surface area contributed by atoms with E-state index in [4.69, 9.17) is 11.6 Å². The number of rotatable bonds is 2. The molecule has 0 bridgehead atoms. The Morgan fingerprint density at radius 3 is 2.81 bits per heavy atom. The lowest BCUT2D eigenvalue weighted by molar-refractivity contribution is 0.629. The third kappa shape index (κ3) is 2.41. The predicted molar refractivity (Wildman–Crippen MR) is 83.0 cm³/mol. The highest BCUT2D eigenvalue weighted by molar-refractivity contribution is 9.10. The van der Waals surface area contributed by atoms with Crippen molar-refractivity contribution < 1.29 is 4.39 Å². The molecule has 0 saturated carbocycles. The number of imidazole rings is 1. The van der Waals surface area contributed by atoms with Crippen LogP contribution in [0.25, 0.3) is 16.7 Å². The lowest BCUT2D eigenvalue weighted by atomic mass is 10.2. The topological polar surface area (TPSA) is 41.6 Å². The Morgan fingerprint density at radius 1 is 1.29 bits per heavy atom. The zero-order valence-corrected chi connectivity index (χ0v) is 13.0. The number of hydrogen-bond donors (Lipinski definition) is 0. The Balaban J connectivity index is 2.39. The molecule has 0 amide bonds. The molecule has 6 heteroatoms. The van der Waals surface area contributed by atoms with Gasteiger partial charge in [-0.05, 0) is 30.3 Å². The lowest BCUT2D eigenvalue weighted by Crippen LogP contribution is -2.02. The average Bonchev–Trinajstić information content (AvgIpc) is 2.84. The van der Waals surface area contributed by atoms with Crippen LogP contribution in [-0.2, 0) is 5.88 Å². The molecule has 3 rings (SSSR count). The zero-order chi connectivity index (χ0) is 15.0. The molecule has 0 aliphatic rings. The van der Waals surface area contributed by atoms with Crippen molar-refractivity contribution in [2.75, 3.05) is 0 Å². The van der Waals surface area contributed by atoms with Gasteiger partial charge in [-0.3, -0.25) is 4.57 Å². The maximum absolute atomic E-state index is 13.4. The largest absolute Gasteiger partial charge is 0.294 e. The van der Waals surface area contributed by atoms with Gasteiger partial charge in [0.05, 0.1) is 28.2 Å². The molecular formula is C15H8BrClFN3. The van der Waals surface area contributed by atoms with Gasteiger partial charge in [0, 0.05) is 10.5 Å². The van der Waals surface area contributed by atoms with Crippen LogP contribution < -0.4 is 0 Å². The highest BCUT2D eigenvalue weighted by atomic mass is 79.9. The first-order chi connectivity index (χ1) is 10.1. The summed E-state index contributed by atoms with van der Waals surface area (Å²) in [5.41, 5.74) is 2.38. The molecule has 104 valence electrons. The van der Waals surface area contributed by atoms with Crippen molar-refractivity contribution in [3.05, 3.63) is 58.1 Å². The van der Waals surface area contributed by atoms with Gasteiger partial charge in [-0.25, -0.2) is 9.37 Å². The van der Waals surface area contributed by atoms with Gasteiger partial charge in [0.2, 0.25) is 0 Å². The molecule has 0 fully saturated rings. The van der Waals surface area contributed by atoms with Crippen LogP contribution in [0.4, 0.5) is 4.39 Å². The second kappa shape index (κ2) is 5.47. The number of benzene rings is 2. The van der Waals surface area contributed by atoms with E-state index in [1.54, 1.807) is 22.8 Å². The van der Waals surface area contributed by atoms with Crippen LogP contribution in [0.3, 0.4) is 0 Å². The van der Waals surface area contributed by atoms with E-state index in [1.807, 2.05) is 6.07 Å². The summed E-state index contributed by atoms with van der Waals surface area (Å²) in [6.07, 6.45) is 0. The average molecular weight is 365 g/mol. The first-order valence-corrected chi connectivity index (χ1v) is 7.39. The molecule has 0 unspecified atom stereocenters. The molecule has 2 aromatic carbocycles. The van der Waals surface area contributed by atoms with Crippen LogP contribution in [0.1, 0.15) is 11.4 Å². The zero-order valence-electron chi connectivity index (χ0n) is 10.6. The van der Waals surface area contributed by atoms with E-state index in [9.17, 15) is 9.65 Å². The Labute approximate surface area is 133 Å². The minimum absolute atomic E-state index is 0.160. The van der Waals surface area contributed by atoms with Crippen molar-refractivity contribution in [2.24, 2.45) is 0 Å². The molecule has 0 aliphatic carbocycles. The molecule has 1 aromatic heterocycles. The summed E-state index contributed by atoms with van der Waals surface area (Å²) in [6.45, 7) is 0. The van der Waals surface area contributed by atoms with Crippen molar-refractivity contribution in [1.29, 1.82) is 5.26 Å². The second-order valence-electron chi connectivity index (χ2n) is 4.40. The summed E-state index contributed by atoms with van der Waals surface area (Å²) in [4.78, 5) is 4.34. The van der Waals surface area contributed by atoms with Crippen LogP contribution in [0.2, 0.25) is 0 Å². The van der Waals surface area contributed by atoms with Gasteiger partial charge in [0.1, 0.15) is 17.7 Å². The number of nitriles is 1. The Morgan fingerprint density at radius 2 is 2.10 bits per heavy atom. The normalized spacial score (nSPS) is 10.8. The Bertz CT molecular complexity index is 882. The van der Waals surface area contributed by atoms with Gasteiger partial charge in [-0.15, -0.1) is 11.6 Å². The van der Waals surface area contributed by atoms with Gasteiger partial charge in [-0.2, -0.15) is 5.26 Å². The number of alkyl halides is 1. The SMILES string of the molecule is N#Cc1ccc(Br)cc1-n1c(CCl)nc2cc(F)ccc21. The van der Waals surface area contributed by atoms with Crippen LogP contribution in [-0.4, -0.2) is 9.55 Å². The van der Waals surface area contributed by atoms with E-state index < -0.39 is 0 Å². The van der Waals surface area contributed by atoms with Crippen LogP contribution in [0.15, 0.2) is 40.9 Å². The van der Waals surface area contributed by atoms with E-state index in [1.165, 1.54) is 12.1 Å². The van der Waals surface area contributed by atoms with Gasteiger partial charge in [-0.1, -0.05) is 15.9 Å². The van der Waals surface area contributed by atoms with E-state index >= 15 is 0 Å². The van der Waals surface area contributed by atoms with E-state index in [2.05, 4.69) is 27.0 Å². The third-order valence-corrected chi connectivity index (χ3v) is 3.86. The fourth-order valence-electron chi connectivity index (χ4n) is 2.25. The van der Waals surface area contributed by atoms with Gasteiger partial charge in [0.15, 0.2) is 0 Å². The minimum Gasteiger partial charge on any atom is -0.294 e. The monoisotopic (exact) mass is 363 g/mol. The van der Waals surface area contributed by atoms with Gasteiger partial charge < -0.3 is 0 Å². The number of nitrogens with zero attached hydrogens (tertiary/aromatic N) is 3. The summed E-state index contributed by atoms with van der Waals surface area (Å²) in [5, 5.41) is 9.30. The highest BCUT2D eigenvalue weighted by Crippen LogP contribution is 2.27. The van der Waals surface area contributed by atoms with Gasteiger partial charge in [0.25, 0.3) is 0 Å². The summed E-state index contributed by atoms with van der Waals surface area (Å²) in [5.74, 6) is 0.364. The minimum atomic E-state index is -0.358. The Hall–Kier alpha value is -1.90. The van der Waals surface area contributed by atoms with Gasteiger partial charge >= 0.3 is 0 Å². The summed E-state index contributed by atoms with van der Waals surface area (Å²) < 4.78 is 16.0. The van der Waals surface area contributed by atoms with Crippen molar-refractivity contribution in [2.45, 2.75) is 5.88 Å². The molecule has 0 N–H and O–H groups in total. The van der Waals surface area contributed by atoms with E-state index in [0.29, 0.717) is 28.1 Å². The quantitative estimate of drug-likeness (QED) is 0.627. The van der Waals surface area contributed by atoms with Crippen LogP contribution >= 0.6 is 27.5 Å². The lowest BCUT2D eigenvalue weighted by Gasteiger charge is -2.10. The first kappa shape index (κ1) is 14.1. The number of fused-ring (bicyclic) bond motifs is 1. The molecule has 3 aromatic rings. The van der Waals surface area contributed by atoms with Crippen molar-refractivity contribution in [3.8, 4) is 11.8 Å². The van der Waals surface area contributed by atoms with Crippen LogP contribution in [0, 0.1) is 17.1 Å². The predicted octanol–water partition coefficient (Wildman–Crippen LogP) is 4.54. The maximum Gasteiger partial charge on any atom is 0.129 e. The first-order valence-electron chi connectivity index (χ1n) is 6.07. The summed E-state index contributed by atoms with van der Waals surface area (Å²) in [7, 11) is 0. The molecule has 3 nitrogen and oxygen atoms in total. The molecule has 21 heavy (non-hydrogen) atoms. The number of aromatic nitrogens is 2. The van der Waals surface area contributed by atoms with Crippen molar-refractivity contribution in [3.63, 3.8) is 0 Å². The molecule has 0 radical (unpaired) electrons. The summed E-state index contributed by atoms with van der Waals surface area (Å²) in [6, 6.07) is 11.8. The third-order valence-electron chi connectivity index (χ3n) is 3.13. The molecule has 0 aliphatic heterocycles. The van der Waals surface area contributed by atoms with Crippen molar-refractivity contribution in [1.82, 2.24) is 9.55 Å². The second-order valence-corrected chi connectivity index (χ2v) is 5.59. The highest BCUT2D eigenvalue weighted by Gasteiger charge is 2.15. The summed E-state index contributed by atoms with van der Waals surface area (Å²) >= 11 is 9.35. The smallest absolute Gasteiger partial charge is 0.129 e. The molecule has 0 spiro atoms. The molecule has 1 heterocycles. The molecule has 0 saturated heterocycles. The van der Waals surface area contributed by atoms with Crippen LogP contribution in [0.5, 0.6) is 0 Å². The van der Waals surface area contributed by atoms with E-state index in [0.717, 1.165) is 4.47 Å². The van der Waals surface area contributed by atoms with Crippen molar-refractivity contribution >= 4 is 38.6 Å². The standard InChI is InChI=1S/C15H8BrClFN3/c16-10-2-1-9(8-19)14(5-10)21-13-4-3-11(18)6-12(13)20-15(21)7-17/h1-6H,7H2.